The molecule has 1 aromatic heterocycles. The van der Waals surface area contributed by atoms with Gasteiger partial charge in [-0.3, -0.25) is 4.90 Å². The number of hydrogen-bond acceptors (Lipinski definition) is 4. The van der Waals surface area contributed by atoms with Crippen LogP contribution < -0.4 is 0 Å². The average Bonchev–Trinajstić information content (AvgIpc) is 2.83. The van der Waals surface area contributed by atoms with Gasteiger partial charge in [-0.2, -0.15) is 13.2 Å². The van der Waals surface area contributed by atoms with Crippen LogP contribution in [-0.4, -0.2) is 45.5 Å². The molecule has 0 aromatic carbocycles. The minimum absolute atomic E-state index is 0.195. The Morgan fingerprint density at radius 1 is 1.20 bits per heavy atom. The number of rotatable bonds is 2. The van der Waals surface area contributed by atoms with Crippen molar-refractivity contribution in [3.63, 3.8) is 0 Å². The van der Waals surface area contributed by atoms with E-state index >= 15 is 0 Å². The maximum absolute atomic E-state index is 12.7. The standard InChI is InChI=1S/C12H17F3N4O/c13-12(14,15)11-17-16-10-8-18(4-5-19(10)11)7-9-3-1-2-6-20-9/h9H,1-8H2. The molecule has 3 heterocycles. The van der Waals surface area contributed by atoms with Crippen LogP contribution in [0.1, 0.15) is 30.9 Å². The molecule has 2 aliphatic heterocycles. The van der Waals surface area contributed by atoms with Crippen molar-refractivity contribution in [2.45, 2.75) is 44.6 Å². The van der Waals surface area contributed by atoms with Crippen molar-refractivity contribution in [3.05, 3.63) is 11.6 Å². The molecule has 1 saturated heterocycles. The topological polar surface area (TPSA) is 43.2 Å². The van der Waals surface area contributed by atoms with Gasteiger partial charge in [-0.15, -0.1) is 10.2 Å². The van der Waals surface area contributed by atoms with Crippen LogP contribution in [-0.2, 0) is 24.0 Å². The SMILES string of the molecule is FC(F)(F)c1nnc2n1CCN(CC1CCCCO1)C2. The zero-order valence-electron chi connectivity index (χ0n) is 11.1. The summed E-state index contributed by atoms with van der Waals surface area (Å²) in [4.78, 5) is 2.10. The Balaban J connectivity index is 1.65. The van der Waals surface area contributed by atoms with E-state index in [1.54, 1.807) is 0 Å². The maximum atomic E-state index is 12.7. The van der Waals surface area contributed by atoms with Crippen molar-refractivity contribution in [1.29, 1.82) is 0 Å². The lowest BCUT2D eigenvalue weighted by Gasteiger charge is -2.32. The smallest absolute Gasteiger partial charge is 0.377 e. The Labute approximate surface area is 114 Å². The second kappa shape index (κ2) is 5.33. The Morgan fingerprint density at radius 3 is 2.75 bits per heavy atom. The molecular formula is C12H17F3N4O. The molecule has 0 radical (unpaired) electrons. The Kier molecular flexibility index (Phi) is 3.68. The van der Waals surface area contributed by atoms with E-state index < -0.39 is 12.0 Å². The van der Waals surface area contributed by atoms with Gasteiger partial charge in [0.1, 0.15) is 5.82 Å². The lowest BCUT2D eigenvalue weighted by molar-refractivity contribution is -0.148. The fourth-order valence-electron chi connectivity index (χ4n) is 2.81. The summed E-state index contributed by atoms with van der Waals surface area (Å²) in [5.41, 5.74) is 0. The van der Waals surface area contributed by atoms with Gasteiger partial charge in [0.25, 0.3) is 0 Å². The van der Waals surface area contributed by atoms with Crippen LogP contribution in [0.15, 0.2) is 0 Å². The minimum Gasteiger partial charge on any atom is -0.377 e. The third kappa shape index (κ3) is 2.80. The molecule has 1 atom stereocenters. The normalized spacial score (nSPS) is 24.6. The van der Waals surface area contributed by atoms with Crippen molar-refractivity contribution >= 4 is 0 Å². The van der Waals surface area contributed by atoms with E-state index in [2.05, 4.69) is 15.1 Å². The molecule has 0 N–H and O–H groups in total. The number of hydrogen-bond donors (Lipinski definition) is 0. The number of ether oxygens (including phenoxy) is 1. The number of halogens is 3. The first-order valence-corrected chi connectivity index (χ1v) is 6.87. The van der Waals surface area contributed by atoms with Gasteiger partial charge in [0.2, 0.25) is 5.82 Å². The first-order valence-electron chi connectivity index (χ1n) is 6.87. The fraction of sp³-hybridized carbons (Fsp3) is 0.833. The number of alkyl halides is 3. The van der Waals surface area contributed by atoms with Crippen LogP contribution >= 0.6 is 0 Å². The highest BCUT2D eigenvalue weighted by Gasteiger charge is 2.39. The van der Waals surface area contributed by atoms with Gasteiger partial charge in [-0.25, -0.2) is 0 Å². The average molecular weight is 290 g/mol. The largest absolute Gasteiger partial charge is 0.451 e. The van der Waals surface area contributed by atoms with Gasteiger partial charge in [0.15, 0.2) is 0 Å². The molecule has 0 spiro atoms. The van der Waals surface area contributed by atoms with E-state index in [0.717, 1.165) is 32.4 Å². The summed E-state index contributed by atoms with van der Waals surface area (Å²) < 4.78 is 45.0. The summed E-state index contributed by atoms with van der Waals surface area (Å²) in [5.74, 6) is -0.500. The van der Waals surface area contributed by atoms with E-state index in [-0.39, 0.29) is 12.6 Å². The van der Waals surface area contributed by atoms with Crippen LogP contribution in [0.2, 0.25) is 0 Å². The van der Waals surface area contributed by atoms with Crippen LogP contribution in [0.25, 0.3) is 0 Å². The molecule has 20 heavy (non-hydrogen) atoms. The van der Waals surface area contributed by atoms with E-state index in [0.29, 0.717) is 18.9 Å². The summed E-state index contributed by atoms with van der Waals surface area (Å²) in [5, 5.41) is 6.96. The number of nitrogens with zero attached hydrogens (tertiary/aromatic N) is 4. The van der Waals surface area contributed by atoms with Gasteiger partial charge < -0.3 is 9.30 Å². The Bertz CT molecular complexity index is 468. The molecule has 5 nitrogen and oxygen atoms in total. The maximum Gasteiger partial charge on any atom is 0.451 e. The second-order valence-corrected chi connectivity index (χ2v) is 5.31. The van der Waals surface area contributed by atoms with Crippen molar-refractivity contribution in [2.75, 3.05) is 19.7 Å². The molecule has 1 aromatic rings. The van der Waals surface area contributed by atoms with E-state index in [4.69, 9.17) is 4.74 Å². The van der Waals surface area contributed by atoms with Crippen LogP contribution in [0, 0.1) is 0 Å². The molecule has 0 saturated carbocycles. The van der Waals surface area contributed by atoms with Gasteiger partial charge in [-0.1, -0.05) is 0 Å². The van der Waals surface area contributed by atoms with Crippen LogP contribution in [0.4, 0.5) is 13.2 Å². The van der Waals surface area contributed by atoms with Gasteiger partial charge in [0.05, 0.1) is 12.6 Å². The highest BCUT2D eigenvalue weighted by Crippen LogP contribution is 2.29. The summed E-state index contributed by atoms with van der Waals surface area (Å²) in [7, 11) is 0. The molecular weight excluding hydrogens is 273 g/mol. The van der Waals surface area contributed by atoms with Gasteiger partial charge in [0, 0.05) is 26.2 Å². The van der Waals surface area contributed by atoms with E-state index in [1.807, 2.05) is 0 Å². The summed E-state index contributed by atoms with van der Waals surface area (Å²) in [6.45, 7) is 2.81. The summed E-state index contributed by atoms with van der Waals surface area (Å²) >= 11 is 0. The Hall–Kier alpha value is -1.15. The monoisotopic (exact) mass is 290 g/mol. The van der Waals surface area contributed by atoms with Crippen molar-refractivity contribution < 1.29 is 17.9 Å². The third-order valence-corrected chi connectivity index (χ3v) is 3.82. The van der Waals surface area contributed by atoms with Gasteiger partial charge >= 0.3 is 6.18 Å². The molecule has 0 amide bonds. The predicted octanol–water partition coefficient (Wildman–Crippen LogP) is 1.68. The van der Waals surface area contributed by atoms with Crippen LogP contribution in [0.3, 0.4) is 0 Å². The van der Waals surface area contributed by atoms with E-state index in [9.17, 15) is 13.2 Å². The molecule has 2 aliphatic rings. The highest BCUT2D eigenvalue weighted by atomic mass is 19.4. The zero-order chi connectivity index (χ0) is 14.2. The minimum atomic E-state index is -4.43. The number of aromatic nitrogens is 3. The lowest BCUT2D eigenvalue weighted by Crippen LogP contribution is -2.41. The number of fused-ring (bicyclic) bond motifs is 1. The lowest BCUT2D eigenvalue weighted by atomic mass is 10.1. The molecule has 1 unspecified atom stereocenters. The highest BCUT2D eigenvalue weighted by molar-refractivity contribution is 5.02. The first-order chi connectivity index (χ1) is 9.54. The van der Waals surface area contributed by atoms with Crippen molar-refractivity contribution in [3.8, 4) is 0 Å². The molecule has 3 rings (SSSR count). The molecule has 0 aliphatic carbocycles. The zero-order valence-corrected chi connectivity index (χ0v) is 11.1. The van der Waals surface area contributed by atoms with E-state index in [1.165, 1.54) is 4.57 Å². The predicted molar refractivity (Wildman–Crippen MR) is 63.9 cm³/mol. The summed E-state index contributed by atoms with van der Waals surface area (Å²) in [6.07, 6.45) is -0.955. The first kappa shape index (κ1) is 13.8. The molecule has 8 heteroatoms. The van der Waals surface area contributed by atoms with Crippen molar-refractivity contribution in [2.24, 2.45) is 0 Å². The fourth-order valence-corrected chi connectivity index (χ4v) is 2.81. The molecule has 1 fully saturated rings. The van der Waals surface area contributed by atoms with Crippen molar-refractivity contribution in [1.82, 2.24) is 19.7 Å². The Morgan fingerprint density at radius 2 is 2.05 bits per heavy atom. The summed E-state index contributed by atoms with van der Waals surface area (Å²) in [6, 6.07) is 0. The van der Waals surface area contributed by atoms with Gasteiger partial charge in [-0.05, 0) is 19.3 Å². The molecule has 112 valence electrons. The molecule has 0 bridgehead atoms. The third-order valence-electron chi connectivity index (χ3n) is 3.82. The quantitative estimate of drug-likeness (QED) is 0.831. The second-order valence-electron chi connectivity index (χ2n) is 5.31. The van der Waals surface area contributed by atoms with Crippen LogP contribution in [0.5, 0.6) is 0 Å².